The van der Waals surface area contributed by atoms with Crippen molar-refractivity contribution in [2.45, 2.75) is 39.2 Å². The Labute approximate surface area is 102 Å². The third-order valence-corrected chi connectivity index (χ3v) is 2.05. The van der Waals surface area contributed by atoms with Crippen LogP contribution in [0, 0.1) is 0 Å². The van der Waals surface area contributed by atoms with Crippen molar-refractivity contribution in [3.8, 4) is 0 Å². The Morgan fingerprint density at radius 1 is 1.53 bits per heavy atom. The molecular weight excluding hydrogens is 216 g/mol. The highest BCUT2D eigenvalue weighted by molar-refractivity contribution is 5.67. The summed E-state index contributed by atoms with van der Waals surface area (Å²) in [5.41, 5.74) is 0.734. The Morgan fingerprint density at radius 2 is 2.29 bits per heavy atom. The summed E-state index contributed by atoms with van der Waals surface area (Å²) in [7, 11) is 0. The number of amides is 1. The fraction of sp³-hybridized carbons (Fsp3) is 0.538. The van der Waals surface area contributed by atoms with Gasteiger partial charge >= 0.3 is 6.09 Å². The van der Waals surface area contributed by atoms with Crippen LogP contribution in [0.25, 0.3) is 0 Å². The van der Waals surface area contributed by atoms with Gasteiger partial charge in [-0.3, -0.25) is 4.99 Å². The van der Waals surface area contributed by atoms with Crippen LogP contribution in [0.5, 0.6) is 0 Å². The second-order valence-corrected chi connectivity index (χ2v) is 4.84. The Balaban J connectivity index is 2.24. The Bertz CT molecular complexity index is 349. The summed E-state index contributed by atoms with van der Waals surface area (Å²) in [5.74, 6) is 0. The van der Waals surface area contributed by atoms with Crippen molar-refractivity contribution < 1.29 is 9.53 Å². The summed E-state index contributed by atoms with van der Waals surface area (Å²) in [6.45, 7) is 6.12. The third kappa shape index (κ3) is 6.56. The van der Waals surface area contributed by atoms with Crippen molar-refractivity contribution in [1.82, 2.24) is 5.32 Å². The molecule has 0 aromatic heterocycles. The van der Waals surface area contributed by atoms with Gasteiger partial charge in [0.1, 0.15) is 5.60 Å². The number of alkyl carbamates (subject to hydrolysis) is 1. The molecule has 1 amide bonds. The smallest absolute Gasteiger partial charge is 0.407 e. The number of hydrogen-bond donors (Lipinski definition) is 1. The minimum atomic E-state index is -0.445. The van der Waals surface area contributed by atoms with Gasteiger partial charge in [-0.05, 0) is 38.8 Å². The lowest BCUT2D eigenvalue weighted by Gasteiger charge is -2.19. The average molecular weight is 236 g/mol. The molecule has 94 valence electrons. The topological polar surface area (TPSA) is 50.7 Å². The number of allylic oxidation sites excluding steroid dienone is 2. The van der Waals surface area contributed by atoms with E-state index < -0.39 is 5.60 Å². The van der Waals surface area contributed by atoms with Gasteiger partial charge in [-0.25, -0.2) is 4.79 Å². The van der Waals surface area contributed by atoms with Crippen LogP contribution in [0.2, 0.25) is 0 Å². The van der Waals surface area contributed by atoms with Crippen molar-refractivity contribution >= 4 is 12.3 Å². The minimum Gasteiger partial charge on any atom is -0.444 e. The first kappa shape index (κ1) is 13.5. The minimum absolute atomic E-state index is 0.369. The molecule has 1 aliphatic heterocycles. The van der Waals surface area contributed by atoms with Crippen LogP contribution >= 0.6 is 0 Å². The molecule has 1 rings (SSSR count). The molecule has 0 saturated heterocycles. The van der Waals surface area contributed by atoms with Crippen molar-refractivity contribution in [3.63, 3.8) is 0 Å². The van der Waals surface area contributed by atoms with Crippen molar-refractivity contribution in [1.29, 1.82) is 0 Å². The first-order chi connectivity index (χ1) is 7.97. The molecule has 0 spiro atoms. The molecule has 0 bridgehead atoms. The summed E-state index contributed by atoms with van der Waals surface area (Å²) < 4.78 is 5.14. The molecule has 0 saturated carbocycles. The zero-order chi connectivity index (χ0) is 12.7. The van der Waals surface area contributed by atoms with Gasteiger partial charge in [0.05, 0.1) is 0 Å². The van der Waals surface area contributed by atoms with E-state index in [1.807, 2.05) is 33.1 Å². The van der Waals surface area contributed by atoms with E-state index in [4.69, 9.17) is 4.74 Å². The van der Waals surface area contributed by atoms with Gasteiger partial charge in [0.2, 0.25) is 0 Å². The van der Waals surface area contributed by atoms with Gasteiger partial charge in [-0.1, -0.05) is 6.08 Å². The van der Waals surface area contributed by atoms with E-state index in [9.17, 15) is 4.79 Å². The number of rotatable bonds is 3. The van der Waals surface area contributed by atoms with Crippen LogP contribution in [0.3, 0.4) is 0 Å². The fourth-order valence-electron chi connectivity index (χ4n) is 1.34. The lowest BCUT2D eigenvalue weighted by Crippen LogP contribution is -2.33. The van der Waals surface area contributed by atoms with E-state index in [0.717, 1.165) is 12.8 Å². The summed E-state index contributed by atoms with van der Waals surface area (Å²) in [4.78, 5) is 15.4. The van der Waals surface area contributed by atoms with E-state index in [-0.39, 0.29) is 6.09 Å². The molecule has 0 atom stereocenters. The van der Waals surface area contributed by atoms with Gasteiger partial charge in [-0.15, -0.1) is 0 Å². The van der Waals surface area contributed by atoms with Crippen molar-refractivity contribution in [3.05, 3.63) is 23.9 Å². The lowest BCUT2D eigenvalue weighted by atomic mass is 10.1. The van der Waals surface area contributed by atoms with Crippen LogP contribution in [0.15, 0.2) is 28.9 Å². The van der Waals surface area contributed by atoms with Crippen molar-refractivity contribution in [2.24, 2.45) is 4.99 Å². The Kier molecular flexibility index (Phi) is 4.94. The van der Waals surface area contributed by atoms with E-state index in [1.54, 1.807) is 6.20 Å². The molecule has 0 fully saturated rings. The highest BCUT2D eigenvalue weighted by Crippen LogP contribution is 2.08. The van der Waals surface area contributed by atoms with Gasteiger partial charge in [-0.2, -0.15) is 0 Å². The molecule has 1 aliphatic rings. The van der Waals surface area contributed by atoms with Gasteiger partial charge in [0, 0.05) is 25.4 Å². The molecule has 0 aliphatic carbocycles. The SMILES string of the molecule is CC(C)(C)OC(=O)NCCC1=CCC=NC=C1. The molecular formula is C13H20N2O2. The molecule has 4 heteroatoms. The Morgan fingerprint density at radius 3 is 3.00 bits per heavy atom. The highest BCUT2D eigenvalue weighted by Gasteiger charge is 2.15. The van der Waals surface area contributed by atoms with Crippen molar-refractivity contribution in [2.75, 3.05) is 6.54 Å². The maximum absolute atomic E-state index is 11.4. The third-order valence-electron chi connectivity index (χ3n) is 2.05. The average Bonchev–Trinajstić information content (AvgIpc) is 2.43. The monoisotopic (exact) mass is 236 g/mol. The predicted molar refractivity (Wildman–Crippen MR) is 69.2 cm³/mol. The van der Waals surface area contributed by atoms with Crippen LogP contribution in [0.1, 0.15) is 33.6 Å². The summed E-state index contributed by atoms with van der Waals surface area (Å²) in [5, 5.41) is 2.73. The second kappa shape index (κ2) is 6.23. The van der Waals surface area contributed by atoms with E-state index >= 15 is 0 Å². The van der Waals surface area contributed by atoms with Gasteiger partial charge < -0.3 is 10.1 Å². The first-order valence-electron chi connectivity index (χ1n) is 5.81. The molecule has 4 nitrogen and oxygen atoms in total. The number of nitrogens with one attached hydrogen (secondary N) is 1. The first-order valence-corrected chi connectivity index (χ1v) is 5.81. The zero-order valence-corrected chi connectivity index (χ0v) is 10.7. The molecule has 0 unspecified atom stereocenters. The summed E-state index contributed by atoms with van der Waals surface area (Å²) in [6, 6.07) is 0. The quantitative estimate of drug-likeness (QED) is 0.819. The summed E-state index contributed by atoms with van der Waals surface area (Å²) in [6.07, 6.45) is 8.95. The van der Waals surface area contributed by atoms with Crippen LogP contribution in [-0.4, -0.2) is 24.5 Å². The van der Waals surface area contributed by atoms with Crippen LogP contribution in [0.4, 0.5) is 4.79 Å². The maximum atomic E-state index is 11.4. The normalized spacial score (nSPS) is 15.1. The number of hydrogen-bond acceptors (Lipinski definition) is 3. The number of carbonyl (C=O) groups is 1. The molecule has 17 heavy (non-hydrogen) atoms. The molecule has 0 radical (unpaired) electrons. The molecule has 1 heterocycles. The standard InChI is InChI=1S/C13H20N2O2/c1-13(2,3)17-12(16)15-10-7-11-5-4-8-14-9-6-11/h5-6,8-9H,4,7,10H2,1-3H3,(H,15,16). The largest absolute Gasteiger partial charge is 0.444 e. The van der Waals surface area contributed by atoms with Gasteiger partial charge in [0.25, 0.3) is 0 Å². The predicted octanol–water partition coefficient (Wildman–Crippen LogP) is 2.82. The lowest BCUT2D eigenvalue weighted by molar-refractivity contribution is 0.0528. The van der Waals surface area contributed by atoms with E-state index in [0.29, 0.717) is 6.54 Å². The second-order valence-electron chi connectivity index (χ2n) is 4.84. The number of carbonyl (C=O) groups excluding carboxylic acids is 1. The highest BCUT2D eigenvalue weighted by atomic mass is 16.6. The number of nitrogens with zero attached hydrogens (tertiary/aromatic N) is 1. The molecule has 1 N–H and O–H groups in total. The van der Waals surface area contributed by atoms with E-state index in [1.165, 1.54) is 5.57 Å². The zero-order valence-electron chi connectivity index (χ0n) is 10.7. The Hall–Kier alpha value is -1.58. The van der Waals surface area contributed by atoms with E-state index in [2.05, 4.69) is 16.4 Å². The van der Waals surface area contributed by atoms with Crippen LogP contribution in [-0.2, 0) is 4.74 Å². The molecule has 0 aromatic carbocycles. The number of ether oxygens (including phenoxy) is 1. The van der Waals surface area contributed by atoms with Crippen LogP contribution < -0.4 is 5.32 Å². The summed E-state index contributed by atoms with van der Waals surface area (Å²) >= 11 is 0. The van der Waals surface area contributed by atoms with Gasteiger partial charge in [0.15, 0.2) is 0 Å². The number of aliphatic imine (C=N–C) groups is 1. The fourth-order valence-corrected chi connectivity index (χ4v) is 1.34. The molecule has 0 aromatic rings. The maximum Gasteiger partial charge on any atom is 0.407 e.